The van der Waals surface area contributed by atoms with Crippen molar-refractivity contribution in [2.24, 2.45) is 0 Å². The average Bonchev–Trinajstić information content (AvgIpc) is 3.14. The Hall–Kier alpha value is -2.46. The molecule has 0 radical (unpaired) electrons. The number of anilines is 1. The summed E-state index contributed by atoms with van der Waals surface area (Å²) in [6, 6.07) is 6.66. The topological polar surface area (TPSA) is 80.9 Å². The Bertz CT molecular complexity index is 938. The van der Waals surface area contributed by atoms with Crippen LogP contribution in [0.3, 0.4) is 0 Å². The van der Waals surface area contributed by atoms with Gasteiger partial charge in [-0.3, -0.25) is 10.1 Å². The Labute approximate surface area is 147 Å². The summed E-state index contributed by atoms with van der Waals surface area (Å²) in [6.45, 7) is 1.50. The zero-order valence-electron chi connectivity index (χ0n) is 12.4. The van der Waals surface area contributed by atoms with E-state index in [1.54, 1.807) is 24.3 Å². The van der Waals surface area contributed by atoms with E-state index in [0.717, 1.165) is 0 Å². The summed E-state index contributed by atoms with van der Waals surface area (Å²) in [6.07, 6.45) is -4.63. The molecule has 1 aromatic carbocycles. The number of benzene rings is 1. The van der Waals surface area contributed by atoms with Crippen LogP contribution in [0.25, 0.3) is 11.3 Å². The molecule has 0 saturated heterocycles. The Morgan fingerprint density at radius 1 is 1.28 bits per heavy atom. The number of halogens is 4. The second-order valence-corrected chi connectivity index (χ2v) is 6.19. The van der Waals surface area contributed by atoms with Crippen molar-refractivity contribution >= 4 is 34.0 Å². The first-order valence-corrected chi connectivity index (χ1v) is 7.90. The molecule has 2 heterocycles. The quantitative estimate of drug-likeness (QED) is 0.718. The van der Waals surface area contributed by atoms with E-state index in [4.69, 9.17) is 16.1 Å². The number of carbonyl (C=O) groups excluding carboxylic acids is 1. The lowest BCUT2D eigenvalue weighted by atomic mass is 10.1. The third-order valence-corrected chi connectivity index (χ3v) is 4.32. The molecule has 3 aromatic rings. The number of carbonyl (C=O) groups is 1. The van der Waals surface area contributed by atoms with Gasteiger partial charge in [-0.2, -0.15) is 13.2 Å². The summed E-state index contributed by atoms with van der Waals surface area (Å²) in [4.78, 5) is 12.5. The first kappa shape index (κ1) is 17.4. The Kier molecular flexibility index (Phi) is 4.48. The van der Waals surface area contributed by atoms with Gasteiger partial charge in [-0.25, -0.2) is 0 Å². The molecule has 0 spiro atoms. The molecule has 11 heteroatoms. The van der Waals surface area contributed by atoms with Crippen LogP contribution < -0.4 is 5.32 Å². The second-order valence-electron chi connectivity index (χ2n) is 4.81. The van der Waals surface area contributed by atoms with E-state index in [9.17, 15) is 18.0 Å². The van der Waals surface area contributed by atoms with Gasteiger partial charge in [-0.15, -0.1) is 10.2 Å². The highest BCUT2D eigenvalue weighted by Gasteiger charge is 2.36. The van der Waals surface area contributed by atoms with Crippen LogP contribution in [0, 0.1) is 6.92 Å². The number of amides is 1. The second kappa shape index (κ2) is 6.45. The molecule has 3 rings (SSSR count). The predicted octanol–water partition coefficient (Wildman–Crippen LogP) is 4.43. The average molecular weight is 389 g/mol. The molecular formula is C14H8ClF3N4O2S. The molecule has 0 unspecified atom stereocenters. The summed E-state index contributed by atoms with van der Waals surface area (Å²) in [5.41, 5.74) is 0.692. The van der Waals surface area contributed by atoms with Crippen LogP contribution in [0.4, 0.5) is 18.3 Å². The van der Waals surface area contributed by atoms with E-state index in [0.29, 0.717) is 10.6 Å². The van der Waals surface area contributed by atoms with Crippen LogP contribution >= 0.6 is 22.9 Å². The largest absolute Gasteiger partial charge is 0.445 e. The van der Waals surface area contributed by atoms with Gasteiger partial charge in [0.25, 0.3) is 5.91 Å². The summed E-state index contributed by atoms with van der Waals surface area (Å²) in [5.74, 6) is -0.536. The van der Waals surface area contributed by atoms with E-state index in [1.165, 1.54) is 6.92 Å². The molecule has 6 nitrogen and oxygen atoms in total. The first-order chi connectivity index (χ1) is 11.8. The van der Waals surface area contributed by atoms with Gasteiger partial charge in [0.05, 0.1) is 5.02 Å². The first-order valence-electron chi connectivity index (χ1n) is 6.70. The number of aryl methyl sites for hydroxylation is 1. The lowest BCUT2D eigenvalue weighted by Crippen LogP contribution is -2.13. The number of hydrogen-bond donors (Lipinski definition) is 1. The Morgan fingerprint density at radius 2 is 2.00 bits per heavy atom. The number of hydrogen-bond acceptors (Lipinski definition) is 6. The summed E-state index contributed by atoms with van der Waals surface area (Å²) >= 11 is 6.32. The van der Waals surface area contributed by atoms with Crippen LogP contribution in [0.5, 0.6) is 0 Å². The molecule has 0 saturated carbocycles. The molecule has 0 aliphatic carbocycles. The summed E-state index contributed by atoms with van der Waals surface area (Å²) in [5, 5.41) is 11.3. The fourth-order valence-electron chi connectivity index (χ4n) is 2.02. The van der Waals surface area contributed by atoms with Gasteiger partial charge in [-0.05, 0) is 13.0 Å². The lowest BCUT2D eigenvalue weighted by molar-refractivity contribution is -0.138. The molecule has 1 N–H and O–H groups in total. The fourth-order valence-corrected chi connectivity index (χ4v) is 2.86. The van der Waals surface area contributed by atoms with Crippen molar-refractivity contribution in [3.05, 3.63) is 45.6 Å². The van der Waals surface area contributed by atoms with Crippen molar-refractivity contribution in [1.29, 1.82) is 0 Å². The monoisotopic (exact) mass is 388 g/mol. The van der Waals surface area contributed by atoms with Gasteiger partial charge in [-0.1, -0.05) is 46.3 Å². The van der Waals surface area contributed by atoms with Crippen LogP contribution in [0.15, 0.2) is 28.8 Å². The molecule has 0 aliphatic rings. The molecule has 0 atom stereocenters. The number of rotatable bonds is 3. The minimum atomic E-state index is -4.63. The maximum atomic E-state index is 12.6. The van der Waals surface area contributed by atoms with Gasteiger partial charge in [0.2, 0.25) is 10.1 Å². The third-order valence-electron chi connectivity index (χ3n) is 3.11. The Morgan fingerprint density at radius 3 is 2.64 bits per heavy atom. The van der Waals surface area contributed by atoms with E-state index in [1.807, 2.05) is 0 Å². The third kappa shape index (κ3) is 3.49. The van der Waals surface area contributed by atoms with E-state index in [2.05, 4.69) is 20.7 Å². The normalized spacial score (nSPS) is 11.6. The molecular weight excluding hydrogens is 381 g/mol. The highest BCUT2D eigenvalue weighted by molar-refractivity contribution is 7.15. The molecule has 0 bridgehead atoms. The number of alkyl halides is 3. The highest BCUT2D eigenvalue weighted by Crippen LogP contribution is 2.34. The van der Waals surface area contributed by atoms with Gasteiger partial charge < -0.3 is 4.52 Å². The lowest BCUT2D eigenvalue weighted by Gasteiger charge is -2.04. The summed E-state index contributed by atoms with van der Waals surface area (Å²) in [7, 11) is 0. The molecule has 1 amide bonds. The SMILES string of the molecule is Cc1onc(-c2ccccc2Cl)c1C(=O)Nc1nnc(C(F)(F)F)s1. The van der Waals surface area contributed by atoms with E-state index in [-0.39, 0.29) is 33.5 Å². The van der Waals surface area contributed by atoms with Gasteiger partial charge in [0.1, 0.15) is 17.0 Å². The van der Waals surface area contributed by atoms with Crippen LogP contribution in [0.2, 0.25) is 5.02 Å². The zero-order valence-corrected chi connectivity index (χ0v) is 14.0. The molecule has 2 aromatic heterocycles. The van der Waals surface area contributed by atoms with Crippen molar-refractivity contribution in [2.75, 3.05) is 5.32 Å². The number of nitrogens with one attached hydrogen (secondary N) is 1. The van der Waals surface area contributed by atoms with Crippen LogP contribution in [-0.2, 0) is 6.18 Å². The van der Waals surface area contributed by atoms with Crippen molar-refractivity contribution in [2.45, 2.75) is 13.1 Å². The Balaban J connectivity index is 1.92. The van der Waals surface area contributed by atoms with E-state index >= 15 is 0 Å². The molecule has 130 valence electrons. The van der Waals surface area contributed by atoms with E-state index < -0.39 is 17.1 Å². The highest BCUT2D eigenvalue weighted by atomic mass is 35.5. The van der Waals surface area contributed by atoms with Crippen molar-refractivity contribution in [1.82, 2.24) is 15.4 Å². The van der Waals surface area contributed by atoms with Crippen molar-refractivity contribution < 1.29 is 22.5 Å². The minimum Gasteiger partial charge on any atom is -0.360 e. The number of nitrogens with zero attached hydrogens (tertiary/aromatic N) is 3. The predicted molar refractivity (Wildman–Crippen MR) is 84.6 cm³/mol. The summed E-state index contributed by atoms with van der Waals surface area (Å²) < 4.78 is 42.7. The maximum Gasteiger partial charge on any atom is 0.445 e. The molecule has 25 heavy (non-hydrogen) atoms. The van der Waals surface area contributed by atoms with Crippen molar-refractivity contribution in [3.8, 4) is 11.3 Å². The van der Waals surface area contributed by atoms with Gasteiger partial charge >= 0.3 is 6.18 Å². The maximum absolute atomic E-state index is 12.6. The fraction of sp³-hybridized carbons (Fsp3) is 0.143. The standard InChI is InChI=1S/C14H8ClF3N4O2S/c1-6-9(10(22-24-6)7-4-2-3-5-8(7)15)11(23)19-13-21-20-12(25-13)14(16,17)18/h2-5H,1H3,(H,19,21,23). The smallest absolute Gasteiger partial charge is 0.360 e. The van der Waals surface area contributed by atoms with Crippen LogP contribution in [0.1, 0.15) is 21.1 Å². The number of aromatic nitrogens is 3. The molecule has 0 fully saturated rings. The molecule has 0 aliphatic heterocycles. The van der Waals surface area contributed by atoms with Gasteiger partial charge in [0.15, 0.2) is 0 Å². The zero-order chi connectivity index (χ0) is 18.2. The van der Waals surface area contributed by atoms with Gasteiger partial charge in [0, 0.05) is 5.56 Å². The minimum absolute atomic E-state index is 0.0526. The van der Waals surface area contributed by atoms with Crippen molar-refractivity contribution in [3.63, 3.8) is 0 Å². The van der Waals surface area contributed by atoms with Crippen LogP contribution in [-0.4, -0.2) is 21.3 Å².